The Balaban J connectivity index is 1.87. The highest BCUT2D eigenvalue weighted by Gasteiger charge is 2.15. The van der Waals surface area contributed by atoms with Gasteiger partial charge in [-0.25, -0.2) is 4.98 Å². The summed E-state index contributed by atoms with van der Waals surface area (Å²) in [6.07, 6.45) is 0. The SMILES string of the molecule is Cc1ccccc1-c1cc(C(=O)Nc2nncs2)c2ccccc2n1. The largest absolute Gasteiger partial charge is 0.296 e. The summed E-state index contributed by atoms with van der Waals surface area (Å²) in [4.78, 5) is 17.5. The van der Waals surface area contributed by atoms with Gasteiger partial charge in [0, 0.05) is 10.9 Å². The van der Waals surface area contributed by atoms with Crippen molar-refractivity contribution in [3.8, 4) is 11.3 Å². The molecule has 0 aliphatic carbocycles. The molecule has 0 aliphatic heterocycles. The maximum absolute atomic E-state index is 12.8. The Kier molecular flexibility index (Phi) is 3.95. The van der Waals surface area contributed by atoms with Crippen molar-refractivity contribution in [2.24, 2.45) is 0 Å². The van der Waals surface area contributed by atoms with Gasteiger partial charge in [-0.05, 0) is 24.6 Å². The van der Waals surface area contributed by atoms with E-state index in [1.165, 1.54) is 11.3 Å². The van der Waals surface area contributed by atoms with Crippen LogP contribution in [0.15, 0.2) is 60.1 Å². The summed E-state index contributed by atoms with van der Waals surface area (Å²) in [5.74, 6) is -0.217. The van der Waals surface area contributed by atoms with Crippen LogP contribution in [0, 0.1) is 6.92 Å². The van der Waals surface area contributed by atoms with Gasteiger partial charge in [-0.1, -0.05) is 53.8 Å². The number of hydrogen-bond acceptors (Lipinski definition) is 5. The lowest BCUT2D eigenvalue weighted by Gasteiger charge is -2.11. The number of para-hydroxylation sites is 1. The highest BCUT2D eigenvalue weighted by atomic mass is 32.1. The molecule has 4 aromatic rings. The number of aromatic nitrogens is 3. The summed E-state index contributed by atoms with van der Waals surface area (Å²) < 4.78 is 0. The van der Waals surface area contributed by atoms with Crippen LogP contribution in [0.2, 0.25) is 0 Å². The molecule has 2 aromatic heterocycles. The van der Waals surface area contributed by atoms with Gasteiger partial charge >= 0.3 is 0 Å². The summed E-state index contributed by atoms with van der Waals surface area (Å²) >= 11 is 1.28. The molecule has 2 aromatic carbocycles. The molecule has 2 heterocycles. The fourth-order valence-electron chi connectivity index (χ4n) is 2.75. The zero-order valence-electron chi connectivity index (χ0n) is 13.4. The van der Waals surface area contributed by atoms with Crippen molar-refractivity contribution in [3.63, 3.8) is 0 Å². The van der Waals surface area contributed by atoms with Gasteiger partial charge in [-0.3, -0.25) is 10.1 Å². The van der Waals surface area contributed by atoms with E-state index < -0.39 is 0 Å². The number of anilines is 1. The molecule has 25 heavy (non-hydrogen) atoms. The van der Waals surface area contributed by atoms with E-state index in [1.807, 2.05) is 61.5 Å². The van der Waals surface area contributed by atoms with Crippen molar-refractivity contribution in [2.45, 2.75) is 6.92 Å². The Morgan fingerprint density at radius 3 is 2.68 bits per heavy atom. The number of rotatable bonds is 3. The lowest BCUT2D eigenvalue weighted by Crippen LogP contribution is -2.13. The Morgan fingerprint density at radius 1 is 1.08 bits per heavy atom. The monoisotopic (exact) mass is 346 g/mol. The minimum atomic E-state index is -0.217. The molecule has 0 radical (unpaired) electrons. The first-order valence-electron chi connectivity index (χ1n) is 7.76. The number of amides is 1. The van der Waals surface area contributed by atoms with Crippen molar-refractivity contribution in [1.29, 1.82) is 0 Å². The molecule has 1 amide bonds. The van der Waals surface area contributed by atoms with Crippen LogP contribution in [0.5, 0.6) is 0 Å². The van der Waals surface area contributed by atoms with Crippen LogP contribution in [-0.4, -0.2) is 21.1 Å². The minimum absolute atomic E-state index is 0.217. The Hall–Kier alpha value is -3.12. The van der Waals surface area contributed by atoms with Crippen LogP contribution in [0.25, 0.3) is 22.2 Å². The summed E-state index contributed by atoms with van der Waals surface area (Å²) in [5, 5.41) is 11.7. The molecule has 0 spiro atoms. The van der Waals surface area contributed by atoms with Gasteiger partial charge in [0.15, 0.2) is 0 Å². The standard InChI is InChI=1S/C19H14N4OS/c1-12-6-2-3-7-13(12)17-10-15(14-8-4-5-9-16(14)21-17)18(24)22-19-23-20-11-25-19/h2-11H,1H3,(H,22,23,24). The zero-order valence-corrected chi connectivity index (χ0v) is 14.2. The lowest BCUT2D eigenvalue weighted by atomic mass is 10.0. The maximum Gasteiger partial charge on any atom is 0.258 e. The normalized spacial score (nSPS) is 10.8. The Morgan fingerprint density at radius 2 is 1.88 bits per heavy atom. The van der Waals surface area contributed by atoms with Crippen LogP contribution in [0.4, 0.5) is 5.13 Å². The highest BCUT2D eigenvalue weighted by molar-refractivity contribution is 7.13. The smallest absolute Gasteiger partial charge is 0.258 e. The van der Waals surface area contributed by atoms with Crippen LogP contribution in [0.3, 0.4) is 0 Å². The minimum Gasteiger partial charge on any atom is -0.296 e. The third-order valence-corrected chi connectivity index (χ3v) is 4.57. The average molecular weight is 346 g/mol. The molecular weight excluding hydrogens is 332 g/mol. The van der Waals surface area contributed by atoms with Crippen LogP contribution < -0.4 is 5.32 Å². The number of aryl methyl sites for hydroxylation is 1. The second-order valence-corrected chi connectivity index (χ2v) is 6.42. The van der Waals surface area contributed by atoms with Gasteiger partial charge in [-0.2, -0.15) is 0 Å². The number of hydrogen-bond donors (Lipinski definition) is 1. The molecule has 122 valence electrons. The number of carbonyl (C=O) groups excluding carboxylic acids is 1. The van der Waals surface area contributed by atoms with Crippen molar-refractivity contribution in [3.05, 3.63) is 71.2 Å². The van der Waals surface area contributed by atoms with E-state index in [0.29, 0.717) is 10.7 Å². The summed E-state index contributed by atoms with van der Waals surface area (Å²) in [6, 6.07) is 17.5. The zero-order chi connectivity index (χ0) is 17.2. The molecule has 0 aliphatic rings. The molecule has 0 unspecified atom stereocenters. The van der Waals surface area contributed by atoms with E-state index in [4.69, 9.17) is 4.98 Å². The van der Waals surface area contributed by atoms with Gasteiger partial charge in [0.2, 0.25) is 5.13 Å². The second kappa shape index (κ2) is 6.41. The summed E-state index contributed by atoms with van der Waals surface area (Å²) in [7, 11) is 0. The summed E-state index contributed by atoms with van der Waals surface area (Å²) in [5.41, 5.74) is 5.84. The van der Waals surface area contributed by atoms with E-state index in [0.717, 1.165) is 27.7 Å². The molecule has 0 atom stereocenters. The number of fused-ring (bicyclic) bond motifs is 1. The molecule has 0 saturated carbocycles. The van der Waals surface area contributed by atoms with E-state index in [2.05, 4.69) is 15.5 Å². The Bertz CT molecular complexity index is 1060. The summed E-state index contributed by atoms with van der Waals surface area (Å²) in [6.45, 7) is 2.03. The molecule has 0 fully saturated rings. The number of nitrogens with one attached hydrogen (secondary N) is 1. The molecule has 5 nitrogen and oxygen atoms in total. The number of carbonyl (C=O) groups is 1. The van der Waals surface area contributed by atoms with E-state index in [1.54, 1.807) is 5.51 Å². The van der Waals surface area contributed by atoms with Gasteiger partial charge in [0.05, 0.1) is 16.8 Å². The van der Waals surface area contributed by atoms with Crippen LogP contribution >= 0.6 is 11.3 Å². The number of nitrogens with zero attached hydrogens (tertiary/aromatic N) is 3. The van der Waals surface area contributed by atoms with Crippen molar-refractivity contribution in [2.75, 3.05) is 5.32 Å². The number of benzene rings is 2. The fraction of sp³-hybridized carbons (Fsp3) is 0.0526. The van der Waals surface area contributed by atoms with Gasteiger partial charge in [-0.15, -0.1) is 10.2 Å². The van der Waals surface area contributed by atoms with E-state index in [9.17, 15) is 4.79 Å². The highest BCUT2D eigenvalue weighted by Crippen LogP contribution is 2.27. The van der Waals surface area contributed by atoms with Gasteiger partial charge in [0.25, 0.3) is 5.91 Å². The fourth-order valence-corrected chi connectivity index (χ4v) is 3.19. The van der Waals surface area contributed by atoms with E-state index >= 15 is 0 Å². The maximum atomic E-state index is 12.8. The third-order valence-electron chi connectivity index (χ3n) is 3.96. The second-order valence-electron chi connectivity index (χ2n) is 5.59. The van der Waals surface area contributed by atoms with Crippen molar-refractivity contribution >= 4 is 33.3 Å². The predicted molar refractivity (Wildman–Crippen MR) is 99.8 cm³/mol. The molecule has 0 saturated heterocycles. The first-order chi connectivity index (χ1) is 12.2. The van der Waals surface area contributed by atoms with Crippen LogP contribution in [0.1, 0.15) is 15.9 Å². The van der Waals surface area contributed by atoms with E-state index in [-0.39, 0.29) is 5.91 Å². The first-order valence-corrected chi connectivity index (χ1v) is 8.63. The van der Waals surface area contributed by atoms with Crippen molar-refractivity contribution in [1.82, 2.24) is 15.2 Å². The lowest BCUT2D eigenvalue weighted by molar-refractivity contribution is 0.102. The molecule has 1 N–H and O–H groups in total. The van der Waals surface area contributed by atoms with Crippen molar-refractivity contribution < 1.29 is 4.79 Å². The van der Waals surface area contributed by atoms with Crippen LogP contribution in [-0.2, 0) is 0 Å². The van der Waals surface area contributed by atoms with Gasteiger partial charge < -0.3 is 0 Å². The molecule has 4 rings (SSSR count). The molecular formula is C19H14N4OS. The third kappa shape index (κ3) is 2.99. The van der Waals surface area contributed by atoms with Gasteiger partial charge in [0.1, 0.15) is 5.51 Å². The quantitative estimate of drug-likeness (QED) is 0.600. The average Bonchev–Trinajstić information content (AvgIpc) is 3.14. The molecule has 0 bridgehead atoms. The molecule has 6 heteroatoms. The first kappa shape index (κ1) is 15.4. The Labute approximate surface area is 148 Å². The number of pyridine rings is 1. The topological polar surface area (TPSA) is 67.8 Å². The predicted octanol–water partition coefficient (Wildman–Crippen LogP) is 4.31.